The fraction of sp³-hybridized carbons (Fsp3) is 0.310. The van der Waals surface area contributed by atoms with Gasteiger partial charge in [0.25, 0.3) is 10.0 Å². The number of carbonyl (C=O) groups excluding carboxylic acids is 2. The van der Waals surface area contributed by atoms with Crippen LogP contribution in [0, 0.1) is 12.8 Å². The molecular formula is C29H32BrCl2N3O4S. The predicted molar refractivity (Wildman–Crippen MR) is 164 cm³/mol. The largest absolute Gasteiger partial charge is 0.354 e. The van der Waals surface area contributed by atoms with Crippen LogP contribution in [0.5, 0.6) is 0 Å². The lowest BCUT2D eigenvalue weighted by Crippen LogP contribution is -2.51. The maximum absolute atomic E-state index is 14.0. The molecule has 0 bridgehead atoms. The molecule has 214 valence electrons. The summed E-state index contributed by atoms with van der Waals surface area (Å²) in [5.74, 6) is -0.713. The molecule has 0 fully saturated rings. The number of nitrogens with zero attached hydrogens (tertiary/aromatic N) is 2. The number of rotatable bonds is 11. The number of hydrogen-bond donors (Lipinski definition) is 1. The number of carbonyl (C=O) groups is 2. The fourth-order valence-corrected chi connectivity index (χ4v) is 6.22. The number of hydrogen-bond acceptors (Lipinski definition) is 4. The van der Waals surface area contributed by atoms with Crippen molar-refractivity contribution in [3.05, 3.63) is 92.4 Å². The van der Waals surface area contributed by atoms with Gasteiger partial charge in [-0.2, -0.15) is 0 Å². The summed E-state index contributed by atoms with van der Waals surface area (Å²) in [5, 5.41) is 3.00. The summed E-state index contributed by atoms with van der Waals surface area (Å²) >= 11 is 16.2. The van der Waals surface area contributed by atoms with Gasteiger partial charge in [-0.1, -0.05) is 88.9 Å². The Morgan fingerprint density at radius 2 is 1.62 bits per heavy atom. The Hall–Kier alpha value is -2.59. The first-order valence-corrected chi connectivity index (χ1v) is 15.6. The molecule has 1 atom stereocenters. The Labute approximate surface area is 254 Å². The molecule has 0 spiro atoms. The number of amides is 2. The van der Waals surface area contributed by atoms with Gasteiger partial charge in [0.05, 0.1) is 20.6 Å². The van der Waals surface area contributed by atoms with E-state index in [0.717, 1.165) is 19.9 Å². The lowest BCUT2D eigenvalue weighted by atomic mass is 10.1. The van der Waals surface area contributed by atoms with Gasteiger partial charge < -0.3 is 10.2 Å². The van der Waals surface area contributed by atoms with Gasteiger partial charge in [0, 0.05) is 17.6 Å². The second-order valence-electron chi connectivity index (χ2n) is 9.86. The molecule has 1 unspecified atom stereocenters. The maximum atomic E-state index is 14.0. The van der Waals surface area contributed by atoms with Crippen LogP contribution in [0.2, 0.25) is 10.0 Å². The molecule has 0 aromatic heterocycles. The zero-order valence-corrected chi connectivity index (χ0v) is 26.6. The molecule has 40 heavy (non-hydrogen) atoms. The topological polar surface area (TPSA) is 86.8 Å². The van der Waals surface area contributed by atoms with Crippen molar-refractivity contribution < 1.29 is 18.0 Å². The molecule has 0 aliphatic rings. The van der Waals surface area contributed by atoms with E-state index in [1.165, 1.54) is 29.2 Å². The number of anilines is 1. The van der Waals surface area contributed by atoms with Gasteiger partial charge >= 0.3 is 0 Å². The molecule has 7 nitrogen and oxygen atoms in total. The maximum Gasteiger partial charge on any atom is 0.264 e. The number of sulfonamides is 1. The highest BCUT2D eigenvalue weighted by Gasteiger charge is 2.33. The van der Waals surface area contributed by atoms with Crippen molar-refractivity contribution in [2.75, 3.05) is 17.4 Å². The SMILES string of the molecule is Cc1ccc(S(=O)(=O)N(CC(=O)N(Cc2cccc(Br)c2)C(C)C(=O)NCC(C)C)c2cccc(Cl)c2Cl)cc1. The van der Waals surface area contributed by atoms with E-state index in [1.807, 2.05) is 45.0 Å². The van der Waals surface area contributed by atoms with Crippen LogP contribution in [0.15, 0.2) is 76.1 Å². The normalized spacial score (nSPS) is 12.2. The van der Waals surface area contributed by atoms with Crippen LogP contribution in [-0.2, 0) is 26.2 Å². The first-order chi connectivity index (χ1) is 18.8. The van der Waals surface area contributed by atoms with Crippen molar-refractivity contribution in [1.29, 1.82) is 0 Å². The molecule has 0 radical (unpaired) electrons. The monoisotopic (exact) mass is 667 g/mol. The Kier molecular flexibility index (Phi) is 11.1. The molecule has 11 heteroatoms. The second kappa shape index (κ2) is 13.9. The highest BCUT2D eigenvalue weighted by Crippen LogP contribution is 2.35. The van der Waals surface area contributed by atoms with E-state index < -0.39 is 28.5 Å². The third-order valence-corrected chi connectivity index (χ3v) is 9.26. The van der Waals surface area contributed by atoms with E-state index >= 15 is 0 Å². The molecule has 3 aromatic carbocycles. The zero-order chi connectivity index (χ0) is 29.6. The first kappa shape index (κ1) is 31.9. The minimum atomic E-state index is -4.25. The molecule has 3 rings (SSSR count). The highest BCUT2D eigenvalue weighted by atomic mass is 79.9. The van der Waals surface area contributed by atoms with Crippen molar-refractivity contribution in [3.63, 3.8) is 0 Å². The second-order valence-corrected chi connectivity index (χ2v) is 13.4. The molecular weight excluding hydrogens is 637 g/mol. The first-order valence-electron chi connectivity index (χ1n) is 12.7. The Balaban J connectivity index is 2.06. The summed E-state index contributed by atoms with van der Waals surface area (Å²) < 4.78 is 29.6. The Bertz CT molecular complexity index is 1470. The zero-order valence-electron chi connectivity index (χ0n) is 22.7. The molecule has 0 aliphatic heterocycles. The van der Waals surface area contributed by atoms with E-state index in [2.05, 4.69) is 21.2 Å². The van der Waals surface area contributed by atoms with Crippen LogP contribution in [0.25, 0.3) is 0 Å². The van der Waals surface area contributed by atoms with Gasteiger partial charge in [-0.15, -0.1) is 0 Å². The van der Waals surface area contributed by atoms with Crippen LogP contribution in [0.1, 0.15) is 31.9 Å². The van der Waals surface area contributed by atoms with Crippen LogP contribution in [0.3, 0.4) is 0 Å². The molecule has 3 aromatic rings. The summed E-state index contributed by atoms with van der Waals surface area (Å²) in [6.07, 6.45) is 0. The minimum absolute atomic E-state index is 0.00563. The van der Waals surface area contributed by atoms with Crippen LogP contribution >= 0.6 is 39.1 Å². The minimum Gasteiger partial charge on any atom is -0.354 e. The average Bonchev–Trinajstić information content (AvgIpc) is 2.90. The molecule has 0 heterocycles. The van der Waals surface area contributed by atoms with Crippen LogP contribution in [0.4, 0.5) is 5.69 Å². The van der Waals surface area contributed by atoms with Gasteiger partial charge in [0.15, 0.2) is 0 Å². The molecule has 0 aliphatic carbocycles. The summed E-state index contributed by atoms with van der Waals surface area (Å²) in [5.41, 5.74) is 1.70. The standard InChI is InChI=1S/C29H32BrCl2N3O4S/c1-19(2)16-33-29(37)21(4)34(17-22-7-5-8-23(30)15-22)27(36)18-35(26-10-6-9-25(31)28(26)32)40(38,39)24-13-11-20(3)12-14-24/h5-15,19,21H,16-18H2,1-4H3,(H,33,37). The summed E-state index contributed by atoms with van der Waals surface area (Å²) in [6.45, 7) is 7.32. The summed E-state index contributed by atoms with van der Waals surface area (Å²) in [6, 6.07) is 17.3. The van der Waals surface area contributed by atoms with Crippen LogP contribution in [-0.4, -0.2) is 44.3 Å². The molecule has 2 amide bonds. The quantitative estimate of drug-likeness (QED) is 0.255. The lowest BCUT2D eigenvalue weighted by Gasteiger charge is -2.32. The Morgan fingerprint density at radius 1 is 0.975 bits per heavy atom. The van der Waals surface area contributed by atoms with E-state index in [4.69, 9.17) is 23.2 Å². The van der Waals surface area contributed by atoms with Crippen molar-refractivity contribution in [2.24, 2.45) is 5.92 Å². The lowest BCUT2D eigenvalue weighted by molar-refractivity contribution is -0.139. The molecule has 1 N–H and O–H groups in total. The summed E-state index contributed by atoms with van der Waals surface area (Å²) in [4.78, 5) is 28.4. The number of nitrogens with one attached hydrogen (secondary N) is 1. The van der Waals surface area contributed by atoms with Gasteiger partial charge in [-0.05, 0) is 61.7 Å². The van der Waals surface area contributed by atoms with Crippen molar-refractivity contribution in [1.82, 2.24) is 10.2 Å². The van der Waals surface area contributed by atoms with E-state index in [9.17, 15) is 18.0 Å². The van der Waals surface area contributed by atoms with Gasteiger partial charge in [0.2, 0.25) is 11.8 Å². The number of aryl methyl sites for hydroxylation is 1. The highest BCUT2D eigenvalue weighted by molar-refractivity contribution is 9.10. The molecule has 0 saturated heterocycles. The van der Waals surface area contributed by atoms with E-state index in [0.29, 0.717) is 6.54 Å². The third kappa shape index (κ3) is 8.00. The molecule has 0 saturated carbocycles. The number of benzene rings is 3. The van der Waals surface area contributed by atoms with Crippen LogP contribution < -0.4 is 9.62 Å². The third-order valence-electron chi connectivity index (χ3n) is 6.18. The smallest absolute Gasteiger partial charge is 0.264 e. The van der Waals surface area contributed by atoms with Crippen molar-refractivity contribution in [3.8, 4) is 0 Å². The summed E-state index contributed by atoms with van der Waals surface area (Å²) in [7, 11) is -4.25. The van der Waals surface area contributed by atoms with Gasteiger partial charge in [-0.3, -0.25) is 13.9 Å². The predicted octanol–water partition coefficient (Wildman–Crippen LogP) is 6.45. The average molecular weight is 669 g/mol. The Morgan fingerprint density at radius 3 is 2.25 bits per heavy atom. The van der Waals surface area contributed by atoms with E-state index in [1.54, 1.807) is 25.1 Å². The van der Waals surface area contributed by atoms with Crippen molar-refractivity contribution in [2.45, 2.75) is 45.2 Å². The number of halogens is 3. The van der Waals surface area contributed by atoms with Gasteiger partial charge in [0.1, 0.15) is 12.6 Å². The fourth-order valence-electron chi connectivity index (χ4n) is 3.90. The van der Waals surface area contributed by atoms with Gasteiger partial charge in [-0.25, -0.2) is 8.42 Å². The van der Waals surface area contributed by atoms with E-state index in [-0.39, 0.29) is 39.0 Å². The van der Waals surface area contributed by atoms with Crippen molar-refractivity contribution >= 4 is 66.7 Å².